The van der Waals surface area contributed by atoms with Crippen LogP contribution in [0.25, 0.3) is 20.5 Å². The minimum absolute atomic E-state index is 0.371. The van der Waals surface area contributed by atoms with E-state index >= 15 is 0 Å². The first kappa shape index (κ1) is 12.7. The first-order valence-corrected chi connectivity index (χ1v) is 6.91. The van der Waals surface area contributed by atoms with Gasteiger partial charge in [-0.1, -0.05) is 18.2 Å². The monoisotopic (exact) mass is 284 g/mol. The molecule has 0 atom stereocenters. The second kappa shape index (κ2) is 4.98. The molecule has 4 heteroatoms. The predicted molar refractivity (Wildman–Crippen MR) is 80.8 cm³/mol. The van der Waals surface area contributed by atoms with E-state index in [1.165, 1.54) is 11.3 Å². The Morgan fingerprint density at radius 1 is 1.10 bits per heavy atom. The Kier molecular flexibility index (Phi) is 3.16. The number of aromatic carboxylic acids is 1. The zero-order chi connectivity index (χ0) is 14.1. The van der Waals surface area contributed by atoms with Crippen LogP contribution in [-0.2, 0) is 0 Å². The van der Waals surface area contributed by atoms with Crippen LogP contribution < -0.4 is 4.74 Å². The van der Waals surface area contributed by atoms with Crippen LogP contribution in [0.3, 0.4) is 0 Å². The van der Waals surface area contributed by atoms with Crippen LogP contribution in [0, 0.1) is 0 Å². The third-order valence-corrected chi connectivity index (χ3v) is 4.38. The lowest BCUT2D eigenvalue weighted by Gasteiger charge is -2.03. The molecule has 0 radical (unpaired) electrons. The second-order valence-corrected chi connectivity index (χ2v) is 5.39. The van der Waals surface area contributed by atoms with E-state index in [4.69, 9.17) is 4.74 Å². The van der Waals surface area contributed by atoms with Crippen molar-refractivity contribution in [3.63, 3.8) is 0 Å². The second-order valence-electron chi connectivity index (χ2n) is 4.34. The van der Waals surface area contributed by atoms with Gasteiger partial charge in [0.25, 0.3) is 0 Å². The van der Waals surface area contributed by atoms with E-state index in [1.54, 1.807) is 7.11 Å². The normalized spacial score (nSPS) is 10.7. The molecule has 3 aromatic rings. The number of carboxylic acids is 1. The van der Waals surface area contributed by atoms with Gasteiger partial charge < -0.3 is 9.84 Å². The molecule has 0 aliphatic heterocycles. The molecule has 1 heterocycles. The van der Waals surface area contributed by atoms with E-state index in [-0.39, 0.29) is 0 Å². The molecule has 0 aliphatic carbocycles. The highest BCUT2D eigenvalue weighted by atomic mass is 32.1. The first-order valence-electron chi connectivity index (χ1n) is 6.10. The van der Waals surface area contributed by atoms with Crippen molar-refractivity contribution in [2.45, 2.75) is 0 Å². The van der Waals surface area contributed by atoms with Gasteiger partial charge in [-0.15, -0.1) is 11.3 Å². The third-order valence-electron chi connectivity index (χ3n) is 3.16. The van der Waals surface area contributed by atoms with Crippen molar-refractivity contribution in [2.75, 3.05) is 7.11 Å². The van der Waals surface area contributed by atoms with E-state index in [0.29, 0.717) is 5.56 Å². The number of hydrogen-bond donors (Lipinski definition) is 1. The number of benzene rings is 2. The summed E-state index contributed by atoms with van der Waals surface area (Å²) >= 11 is 1.50. The van der Waals surface area contributed by atoms with Crippen molar-refractivity contribution >= 4 is 27.4 Å². The summed E-state index contributed by atoms with van der Waals surface area (Å²) in [6.45, 7) is 0. The molecule has 0 bridgehead atoms. The summed E-state index contributed by atoms with van der Waals surface area (Å²) in [5, 5.41) is 10.3. The molecule has 0 amide bonds. The SMILES string of the molecule is COc1ccc(-c2sc3ccccc3c2C(=O)O)cc1. The van der Waals surface area contributed by atoms with Gasteiger partial charge in [0.1, 0.15) is 5.75 Å². The zero-order valence-electron chi connectivity index (χ0n) is 10.8. The molecule has 0 saturated heterocycles. The van der Waals surface area contributed by atoms with E-state index < -0.39 is 5.97 Å². The number of methoxy groups -OCH3 is 1. The van der Waals surface area contributed by atoms with Gasteiger partial charge in [-0.25, -0.2) is 4.79 Å². The molecule has 0 spiro atoms. The molecule has 1 aromatic heterocycles. The molecule has 0 fully saturated rings. The van der Waals surface area contributed by atoms with Crippen molar-refractivity contribution in [1.82, 2.24) is 0 Å². The number of hydrogen-bond acceptors (Lipinski definition) is 3. The number of ether oxygens (including phenoxy) is 1. The minimum atomic E-state index is -0.895. The molecule has 1 N–H and O–H groups in total. The standard InChI is InChI=1S/C16H12O3S/c1-19-11-8-6-10(7-9-11)15-14(16(17)18)12-4-2-3-5-13(12)20-15/h2-9H,1H3,(H,17,18). The topological polar surface area (TPSA) is 46.5 Å². The van der Waals surface area contributed by atoms with Crippen LogP contribution in [0.15, 0.2) is 48.5 Å². The largest absolute Gasteiger partial charge is 0.497 e. The first-order chi connectivity index (χ1) is 9.70. The molecule has 20 heavy (non-hydrogen) atoms. The van der Waals surface area contributed by atoms with Crippen molar-refractivity contribution in [3.05, 3.63) is 54.1 Å². The molecular weight excluding hydrogens is 272 g/mol. The maximum absolute atomic E-state index is 11.6. The van der Waals surface area contributed by atoms with Gasteiger partial charge in [-0.2, -0.15) is 0 Å². The van der Waals surface area contributed by atoms with Crippen molar-refractivity contribution in [3.8, 4) is 16.2 Å². The zero-order valence-corrected chi connectivity index (χ0v) is 11.6. The van der Waals surface area contributed by atoms with E-state index in [2.05, 4.69) is 0 Å². The quantitative estimate of drug-likeness (QED) is 0.781. The summed E-state index contributed by atoms with van der Waals surface area (Å²) in [5.74, 6) is -0.139. The molecule has 3 rings (SSSR count). The minimum Gasteiger partial charge on any atom is -0.497 e. The lowest BCUT2D eigenvalue weighted by molar-refractivity contribution is 0.0700. The summed E-state index contributed by atoms with van der Waals surface area (Å²) in [7, 11) is 1.61. The van der Waals surface area contributed by atoms with E-state index in [1.807, 2.05) is 48.5 Å². The lowest BCUT2D eigenvalue weighted by atomic mass is 10.1. The van der Waals surface area contributed by atoms with Crippen molar-refractivity contribution in [2.24, 2.45) is 0 Å². The third kappa shape index (κ3) is 2.04. The molecule has 0 unspecified atom stereocenters. The molecular formula is C16H12O3S. The maximum atomic E-state index is 11.6. The van der Waals surface area contributed by atoms with Gasteiger partial charge in [0.15, 0.2) is 0 Å². The number of thiophene rings is 1. The molecule has 2 aromatic carbocycles. The Morgan fingerprint density at radius 3 is 2.45 bits per heavy atom. The van der Waals surface area contributed by atoms with Gasteiger partial charge in [-0.05, 0) is 35.9 Å². The average molecular weight is 284 g/mol. The van der Waals surface area contributed by atoms with Crippen LogP contribution in [0.4, 0.5) is 0 Å². The Balaban J connectivity index is 2.23. The molecule has 100 valence electrons. The Hall–Kier alpha value is -2.33. The molecule has 3 nitrogen and oxygen atoms in total. The number of fused-ring (bicyclic) bond motifs is 1. The number of rotatable bonds is 3. The predicted octanol–water partition coefficient (Wildman–Crippen LogP) is 4.28. The fourth-order valence-electron chi connectivity index (χ4n) is 2.20. The highest BCUT2D eigenvalue weighted by Gasteiger charge is 2.19. The van der Waals surface area contributed by atoms with Crippen LogP contribution in [0.1, 0.15) is 10.4 Å². The van der Waals surface area contributed by atoms with Gasteiger partial charge in [0.05, 0.1) is 17.6 Å². The fraction of sp³-hybridized carbons (Fsp3) is 0.0625. The van der Waals surface area contributed by atoms with E-state index in [9.17, 15) is 9.90 Å². The fourth-order valence-corrected chi connectivity index (χ4v) is 3.40. The summed E-state index contributed by atoms with van der Waals surface area (Å²) in [6, 6.07) is 15.0. The number of carbonyl (C=O) groups is 1. The lowest BCUT2D eigenvalue weighted by Crippen LogP contribution is -1.96. The van der Waals surface area contributed by atoms with Gasteiger partial charge in [0.2, 0.25) is 0 Å². The highest BCUT2D eigenvalue weighted by Crippen LogP contribution is 2.38. The summed E-state index contributed by atoms with van der Waals surface area (Å²) in [6.07, 6.45) is 0. The number of carboxylic acid groups (broad SMARTS) is 1. The summed E-state index contributed by atoms with van der Waals surface area (Å²) in [5.41, 5.74) is 1.26. The summed E-state index contributed by atoms with van der Waals surface area (Å²) < 4.78 is 6.11. The van der Waals surface area contributed by atoms with Crippen LogP contribution >= 0.6 is 11.3 Å². The van der Waals surface area contributed by atoms with Crippen LogP contribution in [-0.4, -0.2) is 18.2 Å². The van der Waals surface area contributed by atoms with Gasteiger partial charge in [0, 0.05) is 10.1 Å². The van der Waals surface area contributed by atoms with Gasteiger partial charge >= 0.3 is 5.97 Å². The van der Waals surface area contributed by atoms with Crippen LogP contribution in [0.2, 0.25) is 0 Å². The summed E-state index contributed by atoms with van der Waals surface area (Å²) in [4.78, 5) is 12.4. The Morgan fingerprint density at radius 2 is 1.80 bits per heavy atom. The van der Waals surface area contributed by atoms with Gasteiger partial charge in [-0.3, -0.25) is 0 Å². The molecule has 0 saturated carbocycles. The average Bonchev–Trinajstić information content (AvgIpc) is 2.86. The maximum Gasteiger partial charge on any atom is 0.337 e. The Labute approximate surface area is 120 Å². The Bertz CT molecular complexity index is 772. The van der Waals surface area contributed by atoms with Crippen molar-refractivity contribution in [1.29, 1.82) is 0 Å². The smallest absolute Gasteiger partial charge is 0.337 e. The molecule has 0 aliphatic rings. The van der Waals surface area contributed by atoms with Crippen molar-refractivity contribution < 1.29 is 14.6 Å². The van der Waals surface area contributed by atoms with E-state index in [0.717, 1.165) is 26.3 Å². The highest BCUT2D eigenvalue weighted by molar-refractivity contribution is 7.22. The van der Waals surface area contributed by atoms with Crippen LogP contribution in [0.5, 0.6) is 5.75 Å².